The van der Waals surface area contributed by atoms with Crippen LogP contribution in [0.2, 0.25) is 0 Å². The number of hydrogen-bond donors (Lipinski definition) is 1. The summed E-state index contributed by atoms with van der Waals surface area (Å²) in [6.45, 7) is 7.83. The maximum Gasteiger partial charge on any atom is 0.321 e. The van der Waals surface area contributed by atoms with Crippen molar-refractivity contribution in [2.24, 2.45) is 0 Å². The summed E-state index contributed by atoms with van der Waals surface area (Å²) < 4.78 is 0. The van der Waals surface area contributed by atoms with Crippen LogP contribution >= 0.6 is 0 Å². The third kappa shape index (κ3) is 5.16. The van der Waals surface area contributed by atoms with Crippen molar-refractivity contribution in [1.29, 1.82) is 0 Å². The van der Waals surface area contributed by atoms with Crippen LogP contribution in [-0.4, -0.2) is 24.0 Å². The van der Waals surface area contributed by atoms with Gasteiger partial charge in [-0.1, -0.05) is 38.1 Å². The number of benzene rings is 1. The summed E-state index contributed by atoms with van der Waals surface area (Å²) in [6.07, 6.45) is 5.62. The fourth-order valence-corrected chi connectivity index (χ4v) is 1.92. The van der Waals surface area contributed by atoms with E-state index in [9.17, 15) is 4.79 Å². The number of carbonyl (C=O) groups excluding carboxylic acids is 1. The predicted molar refractivity (Wildman–Crippen MR) is 80.9 cm³/mol. The molecule has 0 bridgehead atoms. The zero-order chi connectivity index (χ0) is 14.1. The van der Waals surface area contributed by atoms with Crippen LogP contribution in [0.4, 0.5) is 4.79 Å². The Bertz CT molecular complexity index is 421. The summed E-state index contributed by atoms with van der Waals surface area (Å²) in [5.74, 6) is 0. The van der Waals surface area contributed by atoms with Crippen molar-refractivity contribution in [3.8, 4) is 0 Å². The van der Waals surface area contributed by atoms with Crippen molar-refractivity contribution in [3.05, 3.63) is 41.6 Å². The molecule has 1 rings (SSSR count). The summed E-state index contributed by atoms with van der Waals surface area (Å²) in [5, 5.41) is 2.83. The minimum atomic E-state index is -0.0199. The second-order valence-corrected chi connectivity index (χ2v) is 4.63. The molecule has 2 amide bonds. The van der Waals surface area contributed by atoms with Crippen LogP contribution in [-0.2, 0) is 0 Å². The number of rotatable bonds is 6. The van der Waals surface area contributed by atoms with Crippen molar-refractivity contribution < 1.29 is 4.79 Å². The lowest BCUT2D eigenvalue weighted by Crippen LogP contribution is -2.38. The number of amides is 2. The van der Waals surface area contributed by atoms with Gasteiger partial charge in [-0.2, -0.15) is 0 Å². The molecule has 0 saturated carbocycles. The minimum Gasteiger partial charge on any atom is -0.325 e. The number of hydrogen-bond acceptors (Lipinski definition) is 1. The quantitative estimate of drug-likeness (QED) is 0.829. The van der Waals surface area contributed by atoms with Gasteiger partial charge in [-0.3, -0.25) is 0 Å². The van der Waals surface area contributed by atoms with E-state index in [1.54, 1.807) is 6.20 Å². The molecule has 1 aromatic rings. The first kappa shape index (κ1) is 15.3. The molecule has 0 heterocycles. The molecule has 3 nitrogen and oxygen atoms in total. The number of carbonyl (C=O) groups is 1. The Morgan fingerprint density at radius 1 is 1.21 bits per heavy atom. The molecule has 3 heteroatoms. The SMILES string of the molecule is CCCN(CCC)C(=O)N/C=C/c1ccccc1C. The van der Waals surface area contributed by atoms with Gasteiger partial charge in [-0.05, 0) is 37.0 Å². The summed E-state index contributed by atoms with van der Waals surface area (Å²) in [7, 11) is 0. The van der Waals surface area contributed by atoms with Gasteiger partial charge < -0.3 is 10.2 Å². The van der Waals surface area contributed by atoms with E-state index in [2.05, 4.69) is 32.2 Å². The number of aryl methyl sites for hydroxylation is 1. The Hall–Kier alpha value is -1.77. The van der Waals surface area contributed by atoms with Gasteiger partial charge in [0, 0.05) is 19.3 Å². The molecule has 0 aliphatic rings. The van der Waals surface area contributed by atoms with Crippen LogP contribution in [0.3, 0.4) is 0 Å². The molecule has 0 spiro atoms. The largest absolute Gasteiger partial charge is 0.325 e. The standard InChI is InChI=1S/C16H24N2O/c1-4-12-18(13-5-2)16(19)17-11-10-15-9-7-6-8-14(15)3/h6-11H,4-5,12-13H2,1-3H3,(H,17,19)/b11-10+. The first-order valence-corrected chi connectivity index (χ1v) is 6.96. The summed E-state index contributed by atoms with van der Waals surface area (Å²) in [4.78, 5) is 13.8. The molecular formula is C16H24N2O. The first-order chi connectivity index (χ1) is 9.19. The van der Waals surface area contributed by atoms with Crippen molar-refractivity contribution in [3.63, 3.8) is 0 Å². The van der Waals surface area contributed by atoms with Crippen LogP contribution in [0.25, 0.3) is 6.08 Å². The predicted octanol–water partition coefficient (Wildman–Crippen LogP) is 3.80. The third-order valence-corrected chi connectivity index (χ3v) is 2.93. The minimum absolute atomic E-state index is 0.0199. The lowest BCUT2D eigenvalue weighted by Gasteiger charge is -2.20. The first-order valence-electron chi connectivity index (χ1n) is 6.96. The average Bonchev–Trinajstić information content (AvgIpc) is 2.40. The molecule has 0 fully saturated rings. The smallest absolute Gasteiger partial charge is 0.321 e. The van der Waals surface area contributed by atoms with Gasteiger partial charge in [0.1, 0.15) is 0 Å². The summed E-state index contributed by atoms with van der Waals surface area (Å²) >= 11 is 0. The van der Waals surface area contributed by atoms with Gasteiger partial charge in [-0.15, -0.1) is 0 Å². The second-order valence-electron chi connectivity index (χ2n) is 4.63. The zero-order valence-corrected chi connectivity index (χ0v) is 12.1. The van der Waals surface area contributed by atoms with Gasteiger partial charge in [-0.25, -0.2) is 4.79 Å². The zero-order valence-electron chi connectivity index (χ0n) is 12.1. The van der Waals surface area contributed by atoms with E-state index in [0.29, 0.717) is 0 Å². The molecule has 19 heavy (non-hydrogen) atoms. The van der Waals surface area contributed by atoms with Crippen LogP contribution in [0, 0.1) is 6.92 Å². The molecule has 0 aromatic heterocycles. The van der Waals surface area contributed by atoms with Crippen LogP contribution in [0.15, 0.2) is 30.5 Å². The van der Waals surface area contributed by atoms with E-state index in [0.717, 1.165) is 31.5 Å². The van der Waals surface area contributed by atoms with E-state index in [4.69, 9.17) is 0 Å². The van der Waals surface area contributed by atoms with Gasteiger partial charge in [0.2, 0.25) is 0 Å². The number of nitrogens with zero attached hydrogens (tertiary/aromatic N) is 1. The van der Waals surface area contributed by atoms with Crippen LogP contribution in [0.5, 0.6) is 0 Å². The van der Waals surface area contributed by atoms with Gasteiger partial charge in [0.15, 0.2) is 0 Å². The molecular weight excluding hydrogens is 236 g/mol. The van der Waals surface area contributed by atoms with E-state index in [-0.39, 0.29) is 6.03 Å². The average molecular weight is 260 g/mol. The second kappa shape index (κ2) is 8.35. The highest BCUT2D eigenvalue weighted by atomic mass is 16.2. The van der Waals surface area contributed by atoms with E-state index in [1.165, 1.54) is 5.56 Å². The summed E-state index contributed by atoms with van der Waals surface area (Å²) in [5.41, 5.74) is 2.33. The normalized spacial score (nSPS) is 10.7. The van der Waals surface area contributed by atoms with Crippen molar-refractivity contribution in [1.82, 2.24) is 10.2 Å². The molecule has 0 aliphatic heterocycles. The van der Waals surface area contributed by atoms with Gasteiger partial charge in [0.25, 0.3) is 0 Å². The molecule has 0 unspecified atom stereocenters. The Labute approximate surface area is 116 Å². The molecule has 1 aromatic carbocycles. The third-order valence-electron chi connectivity index (χ3n) is 2.93. The van der Waals surface area contributed by atoms with E-state index in [1.807, 2.05) is 29.2 Å². The maximum atomic E-state index is 12.0. The lowest BCUT2D eigenvalue weighted by atomic mass is 10.1. The highest BCUT2D eigenvalue weighted by molar-refractivity contribution is 5.76. The fourth-order valence-electron chi connectivity index (χ4n) is 1.92. The number of nitrogens with one attached hydrogen (secondary N) is 1. The van der Waals surface area contributed by atoms with Crippen molar-refractivity contribution >= 4 is 12.1 Å². The molecule has 0 saturated heterocycles. The topological polar surface area (TPSA) is 32.3 Å². The molecule has 0 atom stereocenters. The van der Waals surface area contributed by atoms with Crippen molar-refractivity contribution in [2.45, 2.75) is 33.6 Å². The Morgan fingerprint density at radius 2 is 1.84 bits per heavy atom. The Balaban J connectivity index is 2.55. The van der Waals surface area contributed by atoms with Gasteiger partial charge in [0.05, 0.1) is 0 Å². The molecule has 0 radical (unpaired) electrons. The van der Waals surface area contributed by atoms with Crippen LogP contribution < -0.4 is 5.32 Å². The van der Waals surface area contributed by atoms with Gasteiger partial charge >= 0.3 is 6.03 Å². The highest BCUT2D eigenvalue weighted by Crippen LogP contribution is 2.08. The van der Waals surface area contributed by atoms with Crippen molar-refractivity contribution in [2.75, 3.05) is 13.1 Å². The maximum absolute atomic E-state index is 12.0. The highest BCUT2D eigenvalue weighted by Gasteiger charge is 2.08. The number of urea groups is 1. The fraction of sp³-hybridized carbons (Fsp3) is 0.438. The van der Waals surface area contributed by atoms with E-state index < -0.39 is 0 Å². The summed E-state index contributed by atoms with van der Waals surface area (Å²) in [6, 6.07) is 8.08. The molecule has 104 valence electrons. The van der Waals surface area contributed by atoms with E-state index >= 15 is 0 Å². The molecule has 0 aliphatic carbocycles. The Morgan fingerprint density at radius 3 is 2.42 bits per heavy atom. The molecule has 1 N–H and O–H groups in total. The monoisotopic (exact) mass is 260 g/mol. The lowest BCUT2D eigenvalue weighted by molar-refractivity contribution is 0.201. The Kier molecular flexibility index (Phi) is 6.72. The van der Waals surface area contributed by atoms with Crippen LogP contribution in [0.1, 0.15) is 37.8 Å².